The maximum Gasteiger partial charge on any atom is 0.233 e. The summed E-state index contributed by atoms with van der Waals surface area (Å²) >= 11 is 0. The van der Waals surface area contributed by atoms with E-state index in [1.807, 2.05) is 24.3 Å². The first-order valence-electron chi connectivity index (χ1n) is 7.77. The summed E-state index contributed by atoms with van der Waals surface area (Å²) in [6.45, 7) is 2.95. The predicted octanol–water partition coefficient (Wildman–Crippen LogP) is 4.28. The number of unbranched alkanes of at least 4 members (excludes halogenated alkanes) is 5. The molecule has 0 saturated carbocycles. The van der Waals surface area contributed by atoms with Crippen LogP contribution in [0.3, 0.4) is 0 Å². The van der Waals surface area contributed by atoms with Crippen LogP contribution in [0, 0.1) is 0 Å². The van der Waals surface area contributed by atoms with Gasteiger partial charge in [-0.2, -0.15) is 0 Å². The van der Waals surface area contributed by atoms with E-state index in [-0.39, 0.29) is 0 Å². The molecule has 2 heterocycles. The molecule has 0 aliphatic carbocycles. The molecule has 0 N–H and O–H groups in total. The van der Waals surface area contributed by atoms with Gasteiger partial charge in [-0.1, -0.05) is 39.0 Å². The zero-order valence-electron chi connectivity index (χ0n) is 12.7. The molecule has 0 saturated heterocycles. The van der Waals surface area contributed by atoms with E-state index in [2.05, 4.69) is 22.1 Å². The van der Waals surface area contributed by atoms with Gasteiger partial charge in [0.1, 0.15) is 0 Å². The Kier molecular flexibility index (Phi) is 6.65. The lowest BCUT2D eigenvalue weighted by Gasteiger charge is -2.05. The summed E-state index contributed by atoms with van der Waals surface area (Å²) in [7, 11) is 0. The van der Waals surface area contributed by atoms with Crippen molar-refractivity contribution in [1.29, 1.82) is 0 Å². The van der Waals surface area contributed by atoms with Gasteiger partial charge in [0.05, 0.1) is 12.3 Å². The van der Waals surface area contributed by atoms with Crippen LogP contribution >= 0.6 is 0 Å². The number of rotatable bonds is 9. The molecule has 0 aliphatic rings. The van der Waals surface area contributed by atoms with Crippen LogP contribution < -0.4 is 4.74 Å². The van der Waals surface area contributed by atoms with Gasteiger partial charge in [-0.05, 0) is 24.6 Å². The average molecular weight is 285 g/mol. The van der Waals surface area contributed by atoms with Crippen LogP contribution in [-0.2, 0) is 0 Å². The molecule has 2 rings (SSSR count). The molecule has 112 valence electrons. The zero-order chi connectivity index (χ0) is 14.8. The fraction of sp³-hybridized carbons (Fsp3) is 0.471. The van der Waals surface area contributed by atoms with Crippen molar-refractivity contribution < 1.29 is 4.74 Å². The number of nitrogens with zero attached hydrogens (tertiary/aromatic N) is 3. The maximum absolute atomic E-state index is 5.61. The van der Waals surface area contributed by atoms with Gasteiger partial charge in [0, 0.05) is 24.0 Å². The van der Waals surface area contributed by atoms with Gasteiger partial charge >= 0.3 is 0 Å². The highest BCUT2D eigenvalue weighted by Gasteiger charge is 2.01. The SMILES string of the molecule is CCCCCCCCOc1ccc(-c2cccnc2)nn1. The highest BCUT2D eigenvalue weighted by molar-refractivity contribution is 5.56. The van der Waals surface area contributed by atoms with Crippen molar-refractivity contribution >= 4 is 0 Å². The third-order valence-corrected chi connectivity index (χ3v) is 3.35. The van der Waals surface area contributed by atoms with Crippen LogP contribution in [-0.4, -0.2) is 21.8 Å². The minimum absolute atomic E-state index is 0.594. The molecular formula is C17H23N3O. The van der Waals surface area contributed by atoms with Crippen LogP contribution in [0.4, 0.5) is 0 Å². The summed E-state index contributed by atoms with van der Waals surface area (Å²) in [5, 5.41) is 8.28. The Labute approximate surface area is 126 Å². The maximum atomic E-state index is 5.61. The Bertz CT molecular complexity index is 499. The summed E-state index contributed by atoms with van der Waals surface area (Å²) in [5.74, 6) is 0.594. The summed E-state index contributed by atoms with van der Waals surface area (Å²) < 4.78 is 5.61. The number of hydrogen-bond donors (Lipinski definition) is 0. The fourth-order valence-electron chi connectivity index (χ4n) is 2.12. The zero-order valence-corrected chi connectivity index (χ0v) is 12.7. The quantitative estimate of drug-likeness (QED) is 0.645. The van der Waals surface area contributed by atoms with Crippen molar-refractivity contribution in [3.63, 3.8) is 0 Å². The van der Waals surface area contributed by atoms with Gasteiger partial charge in [-0.3, -0.25) is 4.98 Å². The molecule has 0 radical (unpaired) electrons. The molecule has 0 atom stereocenters. The van der Waals surface area contributed by atoms with Crippen molar-refractivity contribution in [3.8, 4) is 17.1 Å². The fourth-order valence-corrected chi connectivity index (χ4v) is 2.12. The van der Waals surface area contributed by atoms with Crippen LogP contribution in [0.15, 0.2) is 36.7 Å². The Morgan fingerprint density at radius 2 is 1.81 bits per heavy atom. The van der Waals surface area contributed by atoms with E-state index in [0.717, 1.165) is 17.7 Å². The number of hydrogen-bond acceptors (Lipinski definition) is 4. The van der Waals surface area contributed by atoms with Gasteiger partial charge in [0.25, 0.3) is 0 Å². The summed E-state index contributed by atoms with van der Waals surface area (Å²) in [6.07, 6.45) is 11.1. The first-order chi connectivity index (χ1) is 10.4. The number of pyridine rings is 1. The van der Waals surface area contributed by atoms with Crippen molar-refractivity contribution in [2.24, 2.45) is 0 Å². The largest absolute Gasteiger partial charge is 0.477 e. The highest BCUT2D eigenvalue weighted by atomic mass is 16.5. The van der Waals surface area contributed by atoms with E-state index in [9.17, 15) is 0 Å². The number of aromatic nitrogens is 3. The van der Waals surface area contributed by atoms with Gasteiger partial charge in [-0.25, -0.2) is 0 Å². The molecule has 0 amide bonds. The minimum atomic E-state index is 0.594. The van der Waals surface area contributed by atoms with E-state index in [0.29, 0.717) is 12.5 Å². The lowest BCUT2D eigenvalue weighted by Crippen LogP contribution is -2.00. The topological polar surface area (TPSA) is 47.9 Å². The molecule has 0 spiro atoms. The molecule has 0 fully saturated rings. The van der Waals surface area contributed by atoms with Crippen LogP contribution in [0.25, 0.3) is 11.3 Å². The van der Waals surface area contributed by atoms with Gasteiger partial charge in [-0.15, -0.1) is 10.2 Å². The molecule has 2 aromatic heterocycles. The van der Waals surface area contributed by atoms with E-state index in [1.165, 1.54) is 32.1 Å². The molecule has 4 heteroatoms. The molecule has 4 nitrogen and oxygen atoms in total. The molecule has 2 aromatic rings. The summed E-state index contributed by atoms with van der Waals surface area (Å²) in [4.78, 5) is 4.08. The smallest absolute Gasteiger partial charge is 0.233 e. The van der Waals surface area contributed by atoms with Crippen molar-refractivity contribution in [2.45, 2.75) is 45.4 Å². The third-order valence-electron chi connectivity index (χ3n) is 3.35. The lowest BCUT2D eigenvalue weighted by molar-refractivity contribution is 0.290. The van der Waals surface area contributed by atoms with E-state index < -0.39 is 0 Å². The first kappa shape index (κ1) is 15.4. The average Bonchev–Trinajstić information content (AvgIpc) is 2.55. The first-order valence-corrected chi connectivity index (χ1v) is 7.77. The van der Waals surface area contributed by atoms with E-state index in [4.69, 9.17) is 4.74 Å². The Hall–Kier alpha value is -1.97. The van der Waals surface area contributed by atoms with Crippen LogP contribution in [0.5, 0.6) is 5.88 Å². The molecule has 0 aromatic carbocycles. The van der Waals surface area contributed by atoms with Gasteiger partial charge in [0.15, 0.2) is 0 Å². The van der Waals surface area contributed by atoms with Gasteiger partial charge < -0.3 is 4.74 Å². The van der Waals surface area contributed by atoms with Gasteiger partial charge in [0.2, 0.25) is 5.88 Å². The highest BCUT2D eigenvalue weighted by Crippen LogP contribution is 2.16. The molecule has 0 bridgehead atoms. The third kappa shape index (κ3) is 5.50. The second kappa shape index (κ2) is 9.06. The summed E-state index contributed by atoms with van der Waals surface area (Å²) in [6, 6.07) is 7.64. The molecule has 0 aliphatic heterocycles. The standard InChI is InChI=1S/C17H23N3O/c1-2-3-4-5-6-7-13-21-17-11-10-16(19-20-17)15-9-8-12-18-14-15/h8-12,14H,2-7,13H2,1H3. The molecular weight excluding hydrogens is 262 g/mol. The monoisotopic (exact) mass is 285 g/mol. The lowest BCUT2D eigenvalue weighted by atomic mass is 10.1. The normalized spacial score (nSPS) is 10.5. The molecule has 0 unspecified atom stereocenters. The second-order valence-corrected chi connectivity index (χ2v) is 5.11. The van der Waals surface area contributed by atoms with Crippen molar-refractivity contribution in [3.05, 3.63) is 36.7 Å². The van der Waals surface area contributed by atoms with Crippen molar-refractivity contribution in [2.75, 3.05) is 6.61 Å². The Morgan fingerprint density at radius 3 is 2.52 bits per heavy atom. The number of ether oxygens (including phenoxy) is 1. The summed E-state index contributed by atoms with van der Waals surface area (Å²) in [5.41, 5.74) is 1.78. The second-order valence-electron chi connectivity index (χ2n) is 5.11. The Morgan fingerprint density at radius 1 is 0.952 bits per heavy atom. The molecule has 21 heavy (non-hydrogen) atoms. The van der Waals surface area contributed by atoms with Crippen molar-refractivity contribution in [1.82, 2.24) is 15.2 Å². The van der Waals surface area contributed by atoms with E-state index in [1.54, 1.807) is 12.4 Å². The Balaban J connectivity index is 1.71. The van der Waals surface area contributed by atoms with Crippen LogP contribution in [0.1, 0.15) is 45.4 Å². The van der Waals surface area contributed by atoms with E-state index >= 15 is 0 Å². The predicted molar refractivity (Wildman–Crippen MR) is 84.1 cm³/mol. The van der Waals surface area contributed by atoms with Crippen LogP contribution in [0.2, 0.25) is 0 Å². The minimum Gasteiger partial charge on any atom is -0.477 e.